The van der Waals surface area contributed by atoms with Crippen molar-refractivity contribution < 1.29 is 14.3 Å². The van der Waals surface area contributed by atoms with Crippen LogP contribution in [0.25, 0.3) is 0 Å². The van der Waals surface area contributed by atoms with Gasteiger partial charge in [-0.2, -0.15) is 0 Å². The first kappa shape index (κ1) is 18.5. The van der Waals surface area contributed by atoms with Crippen molar-refractivity contribution in [2.75, 3.05) is 11.9 Å². The smallest absolute Gasteiger partial charge is 0.306 e. The maximum atomic E-state index is 11.9. The van der Waals surface area contributed by atoms with Gasteiger partial charge < -0.3 is 10.1 Å². The van der Waals surface area contributed by atoms with Gasteiger partial charge in [0, 0.05) is 15.4 Å². The van der Waals surface area contributed by atoms with Crippen LogP contribution in [0.15, 0.2) is 21.1 Å². The Morgan fingerprint density at radius 1 is 1.22 bits per heavy atom. The molecule has 0 unspecified atom stereocenters. The van der Waals surface area contributed by atoms with Crippen LogP contribution in [0.4, 0.5) is 5.69 Å². The Balaban J connectivity index is 1.75. The van der Waals surface area contributed by atoms with Crippen molar-refractivity contribution in [3.63, 3.8) is 0 Å². The van der Waals surface area contributed by atoms with Gasteiger partial charge in [-0.3, -0.25) is 9.59 Å². The Kier molecular flexibility index (Phi) is 7.09. The predicted octanol–water partition coefficient (Wildman–Crippen LogP) is 4.97. The van der Waals surface area contributed by atoms with Gasteiger partial charge in [0.1, 0.15) is 0 Å². The first-order valence-corrected chi connectivity index (χ1v) is 9.45. The number of nitrogens with one attached hydrogen (secondary N) is 1. The summed E-state index contributed by atoms with van der Waals surface area (Å²) in [6, 6.07) is 3.82. The number of carbonyl (C=O) groups excluding carboxylic acids is 2. The Hall–Kier alpha value is -0.880. The van der Waals surface area contributed by atoms with Gasteiger partial charge in [0.25, 0.3) is 5.91 Å². The van der Waals surface area contributed by atoms with Gasteiger partial charge >= 0.3 is 5.97 Å². The number of anilines is 1. The van der Waals surface area contributed by atoms with Crippen LogP contribution in [0.3, 0.4) is 0 Å². The first-order valence-electron chi connectivity index (χ1n) is 7.87. The van der Waals surface area contributed by atoms with Gasteiger partial charge in [0.2, 0.25) is 0 Å². The Morgan fingerprint density at radius 3 is 2.43 bits per heavy atom. The number of rotatable bonds is 6. The molecule has 6 heteroatoms. The largest absolute Gasteiger partial charge is 0.456 e. The van der Waals surface area contributed by atoms with Gasteiger partial charge in [0.05, 0.1) is 5.69 Å². The molecular formula is C17H21Br2NO3. The number of ether oxygens (including phenoxy) is 1. The molecule has 4 nitrogen and oxygen atoms in total. The van der Waals surface area contributed by atoms with Crippen LogP contribution in [-0.2, 0) is 14.3 Å². The van der Waals surface area contributed by atoms with Crippen LogP contribution >= 0.6 is 31.9 Å². The average Bonchev–Trinajstić information content (AvgIpc) is 3.00. The lowest BCUT2D eigenvalue weighted by Gasteiger charge is -2.11. The minimum absolute atomic E-state index is 0.254. The fourth-order valence-electron chi connectivity index (χ4n) is 2.83. The zero-order valence-corrected chi connectivity index (χ0v) is 16.3. The third-order valence-electron chi connectivity index (χ3n) is 4.05. The van der Waals surface area contributed by atoms with E-state index in [0.29, 0.717) is 18.0 Å². The standard InChI is InChI=1S/C17H21Br2NO3/c1-11-8-13(18)17(14(19)9-11)20-15(21)10-23-16(22)7-6-12-4-2-3-5-12/h8-9,12H,2-7,10H2,1H3,(H,20,21). The Morgan fingerprint density at radius 2 is 1.83 bits per heavy atom. The maximum absolute atomic E-state index is 11.9. The average molecular weight is 447 g/mol. The van der Waals surface area contributed by atoms with Crippen molar-refractivity contribution in [1.29, 1.82) is 0 Å². The monoisotopic (exact) mass is 445 g/mol. The molecule has 1 aliphatic carbocycles. The molecule has 2 rings (SSSR count). The summed E-state index contributed by atoms with van der Waals surface area (Å²) >= 11 is 6.83. The highest BCUT2D eigenvalue weighted by Crippen LogP contribution is 2.32. The molecule has 23 heavy (non-hydrogen) atoms. The molecule has 1 aliphatic rings. The number of halogens is 2. The van der Waals surface area contributed by atoms with Crippen LogP contribution in [0.2, 0.25) is 0 Å². The van der Waals surface area contributed by atoms with Gasteiger partial charge in [-0.15, -0.1) is 0 Å². The minimum atomic E-state index is -0.343. The molecule has 1 amide bonds. The Bertz CT molecular complexity index is 560. The lowest BCUT2D eigenvalue weighted by atomic mass is 10.0. The van der Waals surface area contributed by atoms with Crippen LogP contribution in [0, 0.1) is 12.8 Å². The van der Waals surface area contributed by atoms with Gasteiger partial charge in [-0.1, -0.05) is 25.7 Å². The SMILES string of the molecule is Cc1cc(Br)c(NC(=O)COC(=O)CCC2CCCC2)c(Br)c1. The molecule has 0 atom stereocenters. The molecule has 1 fully saturated rings. The number of amides is 1. The van der Waals surface area contributed by atoms with Crippen LogP contribution in [0.5, 0.6) is 0 Å². The van der Waals surface area contributed by atoms with E-state index in [-0.39, 0.29) is 18.5 Å². The molecule has 0 aromatic heterocycles. The molecule has 0 heterocycles. The van der Waals surface area contributed by atoms with Crippen molar-refractivity contribution >= 4 is 49.4 Å². The zero-order valence-electron chi connectivity index (χ0n) is 13.2. The van der Waals surface area contributed by atoms with E-state index in [1.54, 1.807) is 0 Å². The summed E-state index contributed by atoms with van der Waals surface area (Å²) in [6.07, 6.45) is 6.22. The van der Waals surface area contributed by atoms with E-state index in [2.05, 4.69) is 37.2 Å². The maximum Gasteiger partial charge on any atom is 0.306 e. The number of aryl methyl sites for hydroxylation is 1. The van der Waals surface area contributed by atoms with Crippen LogP contribution in [-0.4, -0.2) is 18.5 Å². The summed E-state index contributed by atoms with van der Waals surface area (Å²) in [4.78, 5) is 23.7. The summed E-state index contributed by atoms with van der Waals surface area (Å²) in [5.41, 5.74) is 1.71. The topological polar surface area (TPSA) is 55.4 Å². The Labute approximate surface area is 153 Å². The van der Waals surface area contributed by atoms with E-state index in [4.69, 9.17) is 4.74 Å². The molecular weight excluding hydrogens is 426 g/mol. The predicted molar refractivity (Wildman–Crippen MR) is 97.4 cm³/mol. The second-order valence-corrected chi connectivity index (χ2v) is 7.71. The van der Waals surface area contributed by atoms with Gasteiger partial charge in [0.15, 0.2) is 6.61 Å². The summed E-state index contributed by atoms with van der Waals surface area (Å²) in [6.45, 7) is 1.71. The fraction of sp³-hybridized carbons (Fsp3) is 0.529. The normalized spacial score (nSPS) is 14.7. The second-order valence-electron chi connectivity index (χ2n) is 6.00. The summed E-state index contributed by atoms with van der Waals surface area (Å²) in [7, 11) is 0. The van der Waals surface area contributed by atoms with E-state index in [1.807, 2.05) is 19.1 Å². The molecule has 0 radical (unpaired) electrons. The number of hydrogen-bond acceptors (Lipinski definition) is 3. The second kappa shape index (κ2) is 8.83. The third kappa shape index (κ3) is 5.92. The first-order chi connectivity index (χ1) is 11.0. The molecule has 0 spiro atoms. The highest BCUT2D eigenvalue weighted by atomic mass is 79.9. The molecule has 1 aromatic rings. The summed E-state index contributed by atoms with van der Waals surface area (Å²) in [5, 5.41) is 2.75. The molecule has 0 saturated heterocycles. The van der Waals surface area contributed by atoms with E-state index in [9.17, 15) is 9.59 Å². The molecule has 1 N–H and O–H groups in total. The molecule has 1 aromatic carbocycles. The lowest BCUT2D eigenvalue weighted by molar-refractivity contribution is -0.147. The zero-order chi connectivity index (χ0) is 16.8. The van der Waals surface area contributed by atoms with Crippen LogP contribution < -0.4 is 5.32 Å². The number of esters is 1. The van der Waals surface area contributed by atoms with Crippen molar-refractivity contribution in [1.82, 2.24) is 0 Å². The minimum Gasteiger partial charge on any atom is -0.456 e. The number of benzene rings is 1. The van der Waals surface area contributed by atoms with E-state index < -0.39 is 0 Å². The third-order valence-corrected chi connectivity index (χ3v) is 5.30. The lowest BCUT2D eigenvalue weighted by Crippen LogP contribution is -2.21. The molecule has 1 saturated carbocycles. The fourth-order valence-corrected chi connectivity index (χ4v) is 4.45. The molecule has 0 aliphatic heterocycles. The number of hydrogen-bond donors (Lipinski definition) is 1. The molecule has 0 bridgehead atoms. The van der Waals surface area contributed by atoms with Crippen LogP contribution in [0.1, 0.15) is 44.1 Å². The van der Waals surface area contributed by atoms with Crippen molar-refractivity contribution in [3.05, 3.63) is 26.6 Å². The quantitative estimate of drug-likeness (QED) is 0.627. The highest BCUT2D eigenvalue weighted by molar-refractivity contribution is 9.11. The van der Waals surface area contributed by atoms with Gasteiger partial charge in [-0.05, 0) is 68.8 Å². The van der Waals surface area contributed by atoms with Gasteiger partial charge in [-0.25, -0.2) is 0 Å². The summed E-state index contributed by atoms with van der Waals surface area (Å²) < 4.78 is 6.62. The number of carbonyl (C=O) groups is 2. The summed E-state index contributed by atoms with van der Waals surface area (Å²) in [5.74, 6) is 0.00871. The van der Waals surface area contributed by atoms with Crippen molar-refractivity contribution in [2.45, 2.75) is 45.4 Å². The molecule has 126 valence electrons. The van der Waals surface area contributed by atoms with E-state index in [1.165, 1.54) is 25.7 Å². The van der Waals surface area contributed by atoms with E-state index >= 15 is 0 Å². The van der Waals surface area contributed by atoms with Crippen molar-refractivity contribution in [2.24, 2.45) is 5.92 Å². The highest BCUT2D eigenvalue weighted by Gasteiger charge is 2.17. The van der Waals surface area contributed by atoms with E-state index in [0.717, 1.165) is 20.9 Å². The van der Waals surface area contributed by atoms with Crippen molar-refractivity contribution in [3.8, 4) is 0 Å².